The molecule has 0 fully saturated rings. The summed E-state index contributed by atoms with van der Waals surface area (Å²) < 4.78 is 0. The van der Waals surface area contributed by atoms with E-state index in [1.54, 1.807) is 15.6 Å². The third kappa shape index (κ3) is 3.73. The lowest BCUT2D eigenvalue weighted by Crippen LogP contribution is -2.57. The highest BCUT2D eigenvalue weighted by Gasteiger charge is 2.29. The van der Waals surface area contributed by atoms with E-state index in [1.807, 2.05) is 0 Å². The van der Waals surface area contributed by atoms with Gasteiger partial charge in [-0.3, -0.25) is 0 Å². The van der Waals surface area contributed by atoms with Crippen LogP contribution in [0.25, 0.3) is 0 Å². The number of hydrogen-bond donors (Lipinski definition) is 0. The standard InChI is InChI=1S/C27H33Si/c1-16-10-19(4)25(20(5)11-16)28(26-21(6)12-17(2)13-22(26)7)27-23(8)14-18(3)15-24(27)9/h10-15H,1-9H3. The van der Waals surface area contributed by atoms with E-state index < -0.39 is 8.80 Å². The highest BCUT2D eigenvalue weighted by Crippen LogP contribution is 2.16. The quantitative estimate of drug-likeness (QED) is 0.441. The molecule has 0 unspecified atom stereocenters. The van der Waals surface area contributed by atoms with Crippen LogP contribution in [-0.4, -0.2) is 8.80 Å². The van der Waals surface area contributed by atoms with Gasteiger partial charge >= 0.3 is 0 Å². The highest BCUT2D eigenvalue weighted by molar-refractivity contribution is 6.97. The Hall–Kier alpha value is -2.12. The Bertz CT molecular complexity index is 850. The second-order valence-corrected chi connectivity index (χ2v) is 10.9. The molecule has 0 aromatic heterocycles. The predicted molar refractivity (Wildman–Crippen MR) is 127 cm³/mol. The summed E-state index contributed by atoms with van der Waals surface area (Å²) in [6, 6.07) is 14.2. The smallest absolute Gasteiger partial charge is 0.0565 e. The molecule has 0 N–H and O–H groups in total. The zero-order chi connectivity index (χ0) is 20.7. The van der Waals surface area contributed by atoms with E-state index in [4.69, 9.17) is 0 Å². The van der Waals surface area contributed by atoms with E-state index in [0.717, 1.165) is 0 Å². The summed E-state index contributed by atoms with van der Waals surface area (Å²) in [4.78, 5) is 0. The lowest BCUT2D eigenvalue weighted by atomic mass is 10.1. The van der Waals surface area contributed by atoms with Gasteiger partial charge in [0.25, 0.3) is 0 Å². The topological polar surface area (TPSA) is 0 Å². The fourth-order valence-corrected chi connectivity index (χ4v) is 8.65. The lowest BCUT2D eigenvalue weighted by Gasteiger charge is -2.28. The monoisotopic (exact) mass is 385 g/mol. The van der Waals surface area contributed by atoms with Gasteiger partial charge in [0.1, 0.15) is 0 Å². The van der Waals surface area contributed by atoms with Gasteiger partial charge in [0, 0.05) is 0 Å². The zero-order valence-corrected chi connectivity index (χ0v) is 20.0. The highest BCUT2D eigenvalue weighted by atomic mass is 28.3. The van der Waals surface area contributed by atoms with Gasteiger partial charge in [-0.1, -0.05) is 86.5 Å². The third-order valence-electron chi connectivity index (χ3n) is 5.78. The fourth-order valence-electron chi connectivity index (χ4n) is 5.10. The third-order valence-corrected chi connectivity index (χ3v) is 9.65. The molecule has 0 nitrogen and oxygen atoms in total. The molecule has 3 rings (SSSR count). The molecule has 0 saturated heterocycles. The van der Waals surface area contributed by atoms with Crippen molar-refractivity contribution in [1.29, 1.82) is 0 Å². The van der Waals surface area contributed by atoms with Crippen LogP contribution < -0.4 is 15.6 Å². The van der Waals surface area contributed by atoms with E-state index in [2.05, 4.69) is 98.7 Å². The summed E-state index contributed by atoms with van der Waals surface area (Å²) in [5.41, 5.74) is 12.7. The summed E-state index contributed by atoms with van der Waals surface area (Å²) in [6.45, 7) is 20.4. The molecule has 0 aliphatic rings. The molecule has 3 aromatic carbocycles. The summed E-state index contributed by atoms with van der Waals surface area (Å²) >= 11 is 0. The average molecular weight is 386 g/mol. The molecular formula is C27H33Si. The molecule has 0 spiro atoms. The number of rotatable bonds is 3. The van der Waals surface area contributed by atoms with Crippen molar-refractivity contribution in [3.05, 3.63) is 86.5 Å². The zero-order valence-electron chi connectivity index (χ0n) is 19.0. The Balaban J connectivity index is 2.45. The minimum atomic E-state index is -1.11. The molecular weight excluding hydrogens is 352 g/mol. The van der Waals surface area contributed by atoms with Gasteiger partial charge in [0.2, 0.25) is 0 Å². The van der Waals surface area contributed by atoms with Crippen molar-refractivity contribution in [2.75, 3.05) is 0 Å². The molecule has 0 amide bonds. The molecule has 0 bridgehead atoms. The molecule has 0 aliphatic heterocycles. The number of benzene rings is 3. The molecule has 0 aliphatic carbocycles. The maximum atomic E-state index is 2.37. The Morgan fingerprint density at radius 3 is 0.714 bits per heavy atom. The second-order valence-electron chi connectivity index (χ2n) is 8.70. The van der Waals surface area contributed by atoms with Gasteiger partial charge in [0.15, 0.2) is 8.80 Å². The van der Waals surface area contributed by atoms with E-state index in [-0.39, 0.29) is 0 Å². The molecule has 0 atom stereocenters. The van der Waals surface area contributed by atoms with Crippen molar-refractivity contribution in [3.63, 3.8) is 0 Å². The van der Waals surface area contributed by atoms with E-state index in [0.29, 0.717) is 0 Å². The van der Waals surface area contributed by atoms with Crippen LogP contribution in [0.2, 0.25) is 0 Å². The first-order valence-electron chi connectivity index (χ1n) is 10.2. The molecule has 0 heterocycles. The van der Waals surface area contributed by atoms with Gasteiger partial charge < -0.3 is 0 Å². The predicted octanol–water partition coefficient (Wildman–Crippen LogP) is 4.98. The van der Waals surface area contributed by atoms with Crippen LogP contribution in [0.5, 0.6) is 0 Å². The molecule has 1 heteroatoms. The maximum Gasteiger partial charge on any atom is 0.156 e. The van der Waals surface area contributed by atoms with Crippen molar-refractivity contribution in [2.45, 2.75) is 62.3 Å². The summed E-state index contributed by atoms with van der Waals surface area (Å²) in [5, 5.41) is 4.71. The van der Waals surface area contributed by atoms with Crippen molar-refractivity contribution >= 4 is 24.4 Å². The minimum absolute atomic E-state index is 1.11. The van der Waals surface area contributed by atoms with E-state index in [9.17, 15) is 0 Å². The molecule has 3 aromatic rings. The fraction of sp³-hybridized carbons (Fsp3) is 0.333. The van der Waals surface area contributed by atoms with Crippen LogP contribution in [-0.2, 0) is 0 Å². The largest absolute Gasteiger partial charge is 0.156 e. The van der Waals surface area contributed by atoms with Crippen molar-refractivity contribution < 1.29 is 0 Å². The Morgan fingerprint density at radius 2 is 0.536 bits per heavy atom. The summed E-state index contributed by atoms with van der Waals surface area (Å²) in [6.07, 6.45) is 0. The molecule has 1 radical (unpaired) electrons. The van der Waals surface area contributed by atoms with Gasteiger partial charge in [-0.2, -0.15) is 0 Å². The van der Waals surface area contributed by atoms with Gasteiger partial charge in [0.05, 0.1) is 0 Å². The molecule has 28 heavy (non-hydrogen) atoms. The van der Waals surface area contributed by atoms with Crippen LogP contribution >= 0.6 is 0 Å². The van der Waals surface area contributed by atoms with Crippen molar-refractivity contribution in [1.82, 2.24) is 0 Å². The van der Waals surface area contributed by atoms with Crippen LogP contribution in [0.3, 0.4) is 0 Å². The van der Waals surface area contributed by atoms with Crippen LogP contribution in [0.1, 0.15) is 50.1 Å². The van der Waals surface area contributed by atoms with Crippen LogP contribution in [0.4, 0.5) is 0 Å². The van der Waals surface area contributed by atoms with E-state index >= 15 is 0 Å². The van der Waals surface area contributed by atoms with Gasteiger partial charge in [-0.25, -0.2) is 0 Å². The number of aryl methyl sites for hydroxylation is 9. The van der Waals surface area contributed by atoms with Crippen molar-refractivity contribution in [3.8, 4) is 0 Å². The van der Waals surface area contributed by atoms with E-state index in [1.165, 1.54) is 50.1 Å². The molecule has 0 saturated carbocycles. The Morgan fingerprint density at radius 1 is 0.357 bits per heavy atom. The first kappa shape index (κ1) is 20.6. The maximum absolute atomic E-state index is 2.37. The minimum Gasteiger partial charge on any atom is -0.0565 e. The summed E-state index contributed by atoms with van der Waals surface area (Å²) in [5.74, 6) is 0. The van der Waals surface area contributed by atoms with Crippen LogP contribution in [0, 0.1) is 62.3 Å². The van der Waals surface area contributed by atoms with Gasteiger partial charge in [-0.15, -0.1) is 0 Å². The lowest BCUT2D eigenvalue weighted by molar-refractivity contribution is 1.32. The molecule has 145 valence electrons. The first-order chi connectivity index (χ1) is 13.1. The van der Waals surface area contributed by atoms with Crippen LogP contribution in [0.15, 0.2) is 36.4 Å². The normalized spacial score (nSPS) is 11.4. The van der Waals surface area contributed by atoms with Crippen molar-refractivity contribution in [2.24, 2.45) is 0 Å². The van der Waals surface area contributed by atoms with Gasteiger partial charge in [-0.05, 0) is 77.9 Å². The summed E-state index contributed by atoms with van der Waals surface area (Å²) in [7, 11) is -1.11. The number of hydrogen-bond acceptors (Lipinski definition) is 0. The Labute approximate surface area is 173 Å². The average Bonchev–Trinajstić information content (AvgIpc) is 2.51. The first-order valence-corrected chi connectivity index (χ1v) is 11.7. The SMILES string of the molecule is Cc1cc(C)c([Si](c2c(C)cc(C)cc2C)c2c(C)cc(C)cc2C)c(C)c1. The Kier molecular flexibility index (Phi) is 5.68. The second kappa shape index (κ2) is 7.71.